The number of nitrogens with two attached hydrogens (primary N) is 1. The van der Waals surface area contributed by atoms with Crippen LogP contribution in [0.15, 0.2) is 47.6 Å². The number of rotatable bonds is 6. The Bertz CT molecular complexity index is 724. The number of guanidine groups is 1. The Labute approximate surface area is 165 Å². The van der Waals surface area contributed by atoms with Crippen molar-refractivity contribution in [1.82, 2.24) is 4.98 Å². The summed E-state index contributed by atoms with van der Waals surface area (Å²) in [5.41, 5.74) is 6.87. The predicted octanol–water partition coefficient (Wildman–Crippen LogP) is 3.58. The maximum atomic E-state index is 12.3. The van der Waals surface area contributed by atoms with Crippen molar-refractivity contribution in [2.45, 2.75) is 12.7 Å². The van der Waals surface area contributed by atoms with E-state index in [0.717, 1.165) is 0 Å². The summed E-state index contributed by atoms with van der Waals surface area (Å²) >= 11 is 0. The number of pyridine rings is 1. The van der Waals surface area contributed by atoms with E-state index < -0.39 is 12.8 Å². The second kappa shape index (κ2) is 10.0. The number of hydrogen-bond donors (Lipinski definition) is 2. The van der Waals surface area contributed by atoms with Crippen molar-refractivity contribution in [3.63, 3.8) is 0 Å². The van der Waals surface area contributed by atoms with Gasteiger partial charge in [0.15, 0.2) is 12.6 Å². The summed E-state index contributed by atoms with van der Waals surface area (Å²) in [5.74, 6) is 0.680. The molecule has 10 heteroatoms. The lowest BCUT2D eigenvalue weighted by molar-refractivity contribution is -0.154. The van der Waals surface area contributed by atoms with Gasteiger partial charge in [-0.15, -0.1) is 24.0 Å². The molecule has 6 nitrogen and oxygen atoms in total. The molecule has 1 aromatic heterocycles. The molecule has 3 N–H and O–H groups in total. The molecule has 0 atom stereocenters. The van der Waals surface area contributed by atoms with Crippen LogP contribution in [0.5, 0.6) is 11.6 Å². The van der Waals surface area contributed by atoms with Gasteiger partial charge in [-0.25, -0.2) is 9.98 Å². The van der Waals surface area contributed by atoms with E-state index in [1.54, 1.807) is 43.5 Å². The normalized spacial score (nSPS) is 11.5. The zero-order valence-corrected chi connectivity index (χ0v) is 16.1. The Morgan fingerprint density at radius 3 is 2.54 bits per heavy atom. The van der Waals surface area contributed by atoms with E-state index in [4.69, 9.17) is 15.2 Å². The molecule has 1 heterocycles. The summed E-state index contributed by atoms with van der Waals surface area (Å²) in [6.45, 7) is -1.39. The number of hydrogen-bond acceptors (Lipinski definition) is 4. The number of ether oxygens (including phenoxy) is 2. The van der Waals surface area contributed by atoms with Gasteiger partial charge in [0.2, 0.25) is 5.88 Å². The zero-order chi connectivity index (χ0) is 18.3. The number of nitrogens with zero attached hydrogens (tertiary/aromatic N) is 2. The van der Waals surface area contributed by atoms with Crippen molar-refractivity contribution in [1.29, 1.82) is 0 Å². The molecular weight excluding hydrogens is 464 g/mol. The fraction of sp³-hybridized carbons (Fsp3) is 0.250. The molecule has 0 aliphatic carbocycles. The fourth-order valence-electron chi connectivity index (χ4n) is 1.86. The molecule has 0 fully saturated rings. The third kappa shape index (κ3) is 7.33. The molecular formula is C16H18F3IN4O2. The molecule has 0 spiro atoms. The van der Waals surface area contributed by atoms with Crippen LogP contribution < -0.4 is 20.5 Å². The molecule has 0 aliphatic heterocycles. The average Bonchev–Trinajstić information content (AvgIpc) is 2.59. The minimum atomic E-state index is -4.44. The van der Waals surface area contributed by atoms with Crippen molar-refractivity contribution in [3.05, 3.63) is 48.2 Å². The Kier molecular flexibility index (Phi) is 8.42. The number of anilines is 1. The average molecular weight is 482 g/mol. The number of methoxy groups -OCH3 is 1. The zero-order valence-electron chi connectivity index (χ0n) is 13.8. The van der Waals surface area contributed by atoms with Crippen molar-refractivity contribution >= 4 is 35.6 Å². The third-order valence-corrected chi connectivity index (χ3v) is 3.00. The number of aromatic nitrogens is 1. The number of alkyl halides is 3. The fourth-order valence-corrected chi connectivity index (χ4v) is 1.86. The van der Waals surface area contributed by atoms with E-state index in [1.165, 1.54) is 6.20 Å². The van der Waals surface area contributed by atoms with Crippen molar-refractivity contribution < 1.29 is 22.6 Å². The Balaban J connectivity index is 0.00000338. The molecule has 0 saturated carbocycles. The number of halogens is 4. The molecule has 0 unspecified atom stereocenters. The van der Waals surface area contributed by atoms with E-state index >= 15 is 0 Å². The van der Waals surface area contributed by atoms with E-state index in [2.05, 4.69) is 15.3 Å². The lowest BCUT2D eigenvalue weighted by Gasteiger charge is -2.11. The smallest absolute Gasteiger partial charge is 0.422 e. The highest BCUT2D eigenvalue weighted by molar-refractivity contribution is 14.0. The lowest BCUT2D eigenvalue weighted by Crippen LogP contribution is -2.23. The summed E-state index contributed by atoms with van der Waals surface area (Å²) in [5, 5.41) is 2.87. The number of aliphatic imine (C=N–C) groups is 1. The molecule has 26 heavy (non-hydrogen) atoms. The maximum Gasteiger partial charge on any atom is 0.422 e. The highest BCUT2D eigenvalue weighted by Gasteiger charge is 2.29. The summed E-state index contributed by atoms with van der Waals surface area (Å²) in [7, 11) is 1.56. The quantitative estimate of drug-likeness (QED) is 0.374. The van der Waals surface area contributed by atoms with E-state index in [1.807, 2.05) is 0 Å². The highest BCUT2D eigenvalue weighted by Crippen LogP contribution is 2.20. The standard InChI is InChI=1S/C16H17F3N4O2.HI/c1-24-13-6-4-12(5-7-13)23-15(20)22-9-11-3-2-8-21-14(11)25-10-16(17,18)19;/h2-8H,9-10H2,1H3,(H3,20,22,23);1H. The van der Waals surface area contributed by atoms with Gasteiger partial charge in [-0.3, -0.25) is 0 Å². The molecule has 2 rings (SSSR count). The van der Waals surface area contributed by atoms with Crippen LogP contribution in [0, 0.1) is 0 Å². The maximum absolute atomic E-state index is 12.3. The van der Waals surface area contributed by atoms with Gasteiger partial charge in [-0.2, -0.15) is 13.2 Å². The molecule has 0 radical (unpaired) electrons. The van der Waals surface area contributed by atoms with Crippen LogP contribution in [0.3, 0.4) is 0 Å². The predicted molar refractivity (Wildman–Crippen MR) is 103 cm³/mol. The van der Waals surface area contributed by atoms with Crippen LogP contribution in [0.25, 0.3) is 0 Å². The Morgan fingerprint density at radius 1 is 1.23 bits per heavy atom. The largest absolute Gasteiger partial charge is 0.497 e. The molecule has 0 aliphatic rings. The second-order valence-corrected chi connectivity index (χ2v) is 4.93. The number of benzene rings is 1. The molecule has 1 aromatic carbocycles. The highest BCUT2D eigenvalue weighted by atomic mass is 127. The second-order valence-electron chi connectivity index (χ2n) is 4.93. The Hall–Kier alpha value is -2.24. The number of nitrogens with one attached hydrogen (secondary N) is 1. The monoisotopic (exact) mass is 482 g/mol. The SMILES string of the molecule is COc1ccc(NC(N)=NCc2cccnc2OCC(F)(F)F)cc1.I. The molecule has 0 saturated heterocycles. The van der Waals surface area contributed by atoms with E-state index in [-0.39, 0.29) is 42.4 Å². The minimum absolute atomic E-state index is 0. The summed E-state index contributed by atoms with van der Waals surface area (Å²) in [4.78, 5) is 7.88. The van der Waals surface area contributed by atoms with Crippen molar-refractivity contribution in [3.8, 4) is 11.6 Å². The van der Waals surface area contributed by atoms with Gasteiger partial charge in [0.25, 0.3) is 0 Å². The summed E-state index contributed by atoms with van der Waals surface area (Å²) < 4.78 is 46.5. The van der Waals surface area contributed by atoms with Crippen LogP contribution in [-0.4, -0.2) is 30.8 Å². The van der Waals surface area contributed by atoms with E-state index in [0.29, 0.717) is 17.0 Å². The van der Waals surface area contributed by atoms with Gasteiger partial charge in [0.05, 0.1) is 13.7 Å². The van der Waals surface area contributed by atoms with Crippen LogP contribution in [0.4, 0.5) is 18.9 Å². The third-order valence-electron chi connectivity index (χ3n) is 3.00. The van der Waals surface area contributed by atoms with Gasteiger partial charge in [-0.05, 0) is 30.3 Å². The lowest BCUT2D eigenvalue weighted by atomic mass is 10.3. The van der Waals surface area contributed by atoms with Gasteiger partial charge < -0.3 is 20.5 Å². The van der Waals surface area contributed by atoms with Crippen molar-refractivity contribution in [2.75, 3.05) is 19.0 Å². The molecule has 142 valence electrons. The van der Waals surface area contributed by atoms with Crippen LogP contribution in [-0.2, 0) is 6.54 Å². The Morgan fingerprint density at radius 2 is 1.92 bits per heavy atom. The van der Waals surface area contributed by atoms with Crippen LogP contribution in [0.2, 0.25) is 0 Å². The first kappa shape index (κ1) is 21.8. The molecule has 2 aromatic rings. The van der Waals surface area contributed by atoms with Gasteiger partial charge >= 0.3 is 6.18 Å². The summed E-state index contributed by atoms with van der Waals surface area (Å²) in [6, 6.07) is 10.2. The topological polar surface area (TPSA) is 81.8 Å². The van der Waals surface area contributed by atoms with E-state index in [9.17, 15) is 13.2 Å². The van der Waals surface area contributed by atoms with Gasteiger partial charge in [0, 0.05) is 17.4 Å². The van der Waals surface area contributed by atoms with Crippen LogP contribution >= 0.6 is 24.0 Å². The van der Waals surface area contributed by atoms with Crippen LogP contribution in [0.1, 0.15) is 5.56 Å². The molecule has 0 amide bonds. The first-order valence-electron chi connectivity index (χ1n) is 7.22. The first-order chi connectivity index (χ1) is 11.9. The van der Waals surface area contributed by atoms with Gasteiger partial charge in [-0.1, -0.05) is 6.07 Å². The van der Waals surface area contributed by atoms with Crippen molar-refractivity contribution in [2.24, 2.45) is 10.7 Å². The summed E-state index contributed by atoms with van der Waals surface area (Å²) in [6.07, 6.45) is -3.09. The minimum Gasteiger partial charge on any atom is -0.497 e. The first-order valence-corrected chi connectivity index (χ1v) is 7.22. The molecule has 0 bridgehead atoms. The van der Waals surface area contributed by atoms with Gasteiger partial charge in [0.1, 0.15) is 5.75 Å².